The number of carboxylic acids is 1. The number of aromatic nitrogens is 2. The molecule has 0 fully saturated rings. The molecule has 0 radical (unpaired) electrons. The van der Waals surface area contributed by atoms with Crippen molar-refractivity contribution in [2.75, 3.05) is 17.1 Å². The normalized spacial score (nSPS) is 11.3. The van der Waals surface area contributed by atoms with Gasteiger partial charge in [0.15, 0.2) is 0 Å². The predicted molar refractivity (Wildman–Crippen MR) is 76.6 cm³/mol. The van der Waals surface area contributed by atoms with E-state index in [1.165, 1.54) is 42.3 Å². The Bertz CT molecular complexity index is 797. The molecule has 0 aliphatic carbocycles. The fourth-order valence-corrected chi connectivity index (χ4v) is 3.02. The molecule has 0 spiro atoms. The molecule has 2 rings (SSSR count). The number of sulfonamides is 1. The summed E-state index contributed by atoms with van der Waals surface area (Å²) in [7, 11) is -1.03. The average Bonchev–Trinajstić information content (AvgIpc) is 2.85. The van der Waals surface area contributed by atoms with Gasteiger partial charge in [-0.1, -0.05) is 0 Å². The molecule has 1 heterocycles. The lowest BCUT2D eigenvalue weighted by Crippen LogP contribution is -2.28. The van der Waals surface area contributed by atoms with Gasteiger partial charge in [0.25, 0.3) is 10.0 Å². The van der Waals surface area contributed by atoms with Gasteiger partial charge in [0, 0.05) is 26.0 Å². The molecule has 0 unspecified atom stereocenters. The number of carboxylic acid groups (broad SMARTS) is 1. The average molecular weight is 310 g/mol. The van der Waals surface area contributed by atoms with Crippen LogP contribution in [-0.4, -0.2) is 36.3 Å². The molecule has 2 aromatic rings. The molecular weight excluding hydrogens is 296 g/mol. The lowest BCUT2D eigenvalue weighted by Gasteiger charge is -2.20. The fourth-order valence-electron chi connectivity index (χ4n) is 1.82. The van der Waals surface area contributed by atoms with Gasteiger partial charge in [-0.2, -0.15) is 5.10 Å². The van der Waals surface area contributed by atoms with Crippen LogP contribution < -0.4 is 10.0 Å². The van der Waals surface area contributed by atoms with Crippen LogP contribution in [0.4, 0.5) is 11.4 Å². The van der Waals surface area contributed by atoms with Gasteiger partial charge >= 0.3 is 5.97 Å². The zero-order chi connectivity index (χ0) is 15.8. The largest absolute Gasteiger partial charge is 0.478 e. The van der Waals surface area contributed by atoms with E-state index in [4.69, 9.17) is 5.73 Å². The van der Waals surface area contributed by atoms with Crippen LogP contribution in [0.5, 0.6) is 0 Å². The molecule has 0 saturated heterocycles. The van der Waals surface area contributed by atoms with E-state index in [0.717, 1.165) is 4.31 Å². The van der Waals surface area contributed by atoms with E-state index in [0.29, 0.717) is 0 Å². The molecule has 9 heteroatoms. The first kappa shape index (κ1) is 14.9. The first-order chi connectivity index (χ1) is 9.73. The highest BCUT2D eigenvalue weighted by atomic mass is 32.2. The molecule has 0 aliphatic heterocycles. The monoisotopic (exact) mass is 310 g/mol. The van der Waals surface area contributed by atoms with Crippen molar-refractivity contribution in [3.63, 3.8) is 0 Å². The van der Waals surface area contributed by atoms with Crippen LogP contribution in [0.15, 0.2) is 35.5 Å². The van der Waals surface area contributed by atoms with E-state index >= 15 is 0 Å². The number of hydrogen-bond acceptors (Lipinski definition) is 5. The second-order valence-electron chi connectivity index (χ2n) is 4.40. The molecule has 0 atom stereocenters. The molecule has 8 nitrogen and oxygen atoms in total. The number of nitrogens with zero attached hydrogens (tertiary/aromatic N) is 3. The lowest BCUT2D eigenvalue weighted by molar-refractivity contribution is 0.0698. The van der Waals surface area contributed by atoms with Gasteiger partial charge in [-0.3, -0.25) is 8.99 Å². The zero-order valence-electron chi connectivity index (χ0n) is 11.4. The van der Waals surface area contributed by atoms with Crippen LogP contribution in [0.2, 0.25) is 0 Å². The molecule has 21 heavy (non-hydrogen) atoms. The summed E-state index contributed by atoms with van der Waals surface area (Å²) in [6, 6.07) is 4.01. The van der Waals surface area contributed by atoms with Crippen molar-refractivity contribution in [2.24, 2.45) is 7.05 Å². The lowest BCUT2D eigenvalue weighted by atomic mass is 10.1. The van der Waals surface area contributed by atoms with Crippen molar-refractivity contribution in [1.82, 2.24) is 9.78 Å². The van der Waals surface area contributed by atoms with Crippen LogP contribution >= 0.6 is 0 Å². The maximum Gasteiger partial charge on any atom is 0.337 e. The second-order valence-corrected chi connectivity index (χ2v) is 6.37. The van der Waals surface area contributed by atoms with Gasteiger partial charge < -0.3 is 10.8 Å². The van der Waals surface area contributed by atoms with Crippen molar-refractivity contribution in [1.29, 1.82) is 0 Å². The number of nitrogens with two attached hydrogens (primary N) is 1. The number of nitrogen functional groups attached to an aromatic ring is 1. The predicted octanol–water partition coefficient (Wildman–Crippen LogP) is 0.526. The van der Waals surface area contributed by atoms with Crippen molar-refractivity contribution >= 4 is 27.4 Å². The zero-order valence-corrected chi connectivity index (χ0v) is 12.2. The summed E-state index contributed by atoms with van der Waals surface area (Å²) in [5, 5.41) is 13.0. The number of rotatable bonds is 4. The Balaban J connectivity index is 2.54. The van der Waals surface area contributed by atoms with Crippen LogP contribution in [0.1, 0.15) is 10.4 Å². The summed E-state index contributed by atoms with van der Waals surface area (Å²) in [5.74, 6) is -1.26. The molecule has 3 N–H and O–H groups in total. The van der Waals surface area contributed by atoms with Crippen LogP contribution in [-0.2, 0) is 17.1 Å². The summed E-state index contributed by atoms with van der Waals surface area (Å²) in [5.41, 5.74) is 5.62. The number of hydrogen-bond donors (Lipinski definition) is 2. The van der Waals surface area contributed by atoms with Crippen LogP contribution in [0.25, 0.3) is 0 Å². The number of carbonyl (C=O) groups is 1. The van der Waals surface area contributed by atoms with Crippen molar-refractivity contribution in [3.05, 3.63) is 36.2 Å². The minimum absolute atomic E-state index is 0.0272. The Morgan fingerprint density at radius 3 is 2.62 bits per heavy atom. The van der Waals surface area contributed by atoms with Gasteiger partial charge in [-0.05, 0) is 18.2 Å². The van der Waals surface area contributed by atoms with Crippen molar-refractivity contribution < 1.29 is 18.3 Å². The molecule has 0 aliphatic rings. The fraction of sp³-hybridized carbons (Fsp3) is 0.167. The molecule has 1 aromatic heterocycles. The third kappa shape index (κ3) is 2.68. The Morgan fingerprint density at radius 1 is 1.43 bits per heavy atom. The first-order valence-corrected chi connectivity index (χ1v) is 7.28. The standard InChI is InChI=1S/C12H14N4O4S/c1-15-7-9(6-14-15)21(19,20)16(2)11-4-3-8(13)5-10(11)12(17)18/h3-7H,13H2,1-2H3,(H,17,18). The minimum atomic E-state index is -3.89. The highest BCUT2D eigenvalue weighted by Gasteiger charge is 2.26. The molecule has 0 amide bonds. The van der Waals surface area contributed by atoms with Gasteiger partial charge in [-0.25, -0.2) is 13.2 Å². The van der Waals surface area contributed by atoms with Gasteiger partial charge in [0.1, 0.15) is 4.90 Å². The third-order valence-electron chi connectivity index (χ3n) is 2.93. The maximum atomic E-state index is 12.5. The number of anilines is 2. The van der Waals surface area contributed by atoms with E-state index < -0.39 is 16.0 Å². The SMILES string of the molecule is CN(c1ccc(N)cc1C(=O)O)S(=O)(=O)c1cnn(C)c1. The Labute approximate surface area is 121 Å². The molecule has 1 aromatic carbocycles. The Kier molecular flexibility index (Phi) is 3.60. The van der Waals surface area contributed by atoms with E-state index in [1.807, 2.05) is 0 Å². The Morgan fingerprint density at radius 2 is 2.10 bits per heavy atom. The summed E-state index contributed by atoms with van der Waals surface area (Å²) < 4.78 is 27.2. The number of aromatic carboxylic acids is 1. The van der Waals surface area contributed by atoms with Crippen LogP contribution in [0, 0.1) is 0 Å². The van der Waals surface area contributed by atoms with E-state index in [-0.39, 0.29) is 21.8 Å². The van der Waals surface area contributed by atoms with E-state index in [9.17, 15) is 18.3 Å². The summed E-state index contributed by atoms with van der Waals surface area (Å²) in [4.78, 5) is 11.2. The highest BCUT2D eigenvalue weighted by Crippen LogP contribution is 2.27. The minimum Gasteiger partial charge on any atom is -0.478 e. The Hall–Kier alpha value is -2.55. The smallest absolute Gasteiger partial charge is 0.337 e. The quantitative estimate of drug-likeness (QED) is 0.795. The summed E-state index contributed by atoms with van der Waals surface area (Å²) >= 11 is 0. The maximum absolute atomic E-state index is 12.5. The topological polar surface area (TPSA) is 119 Å². The van der Waals surface area contributed by atoms with Gasteiger partial charge in [0.05, 0.1) is 17.4 Å². The van der Waals surface area contributed by atoms with E-state index in [1.54, 1.807) is 7.05 Å². The van der Waals surface area contributed by atoms with Gasteiger partial charge in [-0.15, -0.1) is 0 Å². The summed E-state index contributed by atoms with van der Waals surface area (Å²) in [6.07, 6.45) is 2.53. The van der Waals surface area contributed by atoms with E-state index in [2.05, 4.69) is 5.10 Å². The van der Waals surface area contributed by atoms with Crippen LogP contribution in [0.3, 0.4) is 0 Å². The molecule has 0 bridgehead atoms. The van der Waals surface area contributed by atoms with Crippen molar-refractivity contribution in [3.8, 4) is 0 Å². The molecule has 112 valence electrons. The number of benzene rings is 1. The molecular formula is C12H14N4O4S. The van der Waals surface area contributed by atoms with Gasteiger partial charge in [0.2, 0.25) is 0 Å². The number of aryl methyl sites for hydroxylation is 1. The highest BCUT2D eigenvalue weighted by molar-refractivity contribution is 7.92. The first-order valence-electron chi connectivity index (χ1n) is 5.84. The third-order valence-corrected chi connectivity index (χ3v) is 4.65. The second kappa shape index (κ2) is 5.09. The summed E-state index contributed by atoms with van der Waals surface area (Å²) in [6.45, 7) is 0. The molecule has 0 saturated carbocycles. The van der Waals surface area contributed by atoms with Crippen molar-refractivity contribution in [2.45, 2.75) is 4.90 Å².